The third-order valence-electron chi connectivity index (χ3n) is 1.86. The van der Waals surface area contributed by atoms with Gasteiger partial charge in [0, 0.05) is 6.54 Å². The highest BCUT2D eigenvalue weighted by molar-refractivity contribution is 5.77. The Labute approximate surface area is 90.4 Å². The van der Waals surface area contributed by atoms with Crippen LogP contribution in [0.4, 0.5) is 0 Å². The summed E-state index contributed by atoms with van der Waals surface area (Å²) in [7, 11) is 0. The highest BCUT2D eigenvalue weighted by Crippen LogP contribution is 2.04. The number of nitrogens with one attached hydrogen (secondary N) is 1. The molecule has 5 nitrogen and oxygen atoms in total. The van der Waals surface area contributed by atoms with Crippen LogP contribution in [0.3, 0.4) is 0 Å². The molecule has 3 N–H and O–H groups in total. The van der Waals surface area contributed by atoms with Crippen molar-refractivity contribution in [2.45, 2.75) is 32.8 Å². The Morgan fingerprint density at radius 3 is 2.27 bits per heavy atom. The molecule has 1 heterocycles. The minimum absolute atomic E-state index is 0.0926. The van der Waals surface area contributed by atoms with Crippen molar-refractivity contribution in [3.8, 4) is 0 Å². The van der Waals surface area contributed by atoms with Crippen LogP contribution in [-0.2, 0) is 14.3 Å². The van der Waals surface area contributed by atoms with Crippen molar-refractivity contribution in [2.24, 2.45) is 11.7 Å². The molecule has 0 saturated carbocycles. The second-order valence-corrected chi connectivity index (χ2v) is 4.42. The molecule has 88 valence electrons. The number of hydrogen-bond donors (Lipinski definition) is 2. The maximum Gasteiger partial charge on any atom is 0.293 e. The summed E-state index contributed by atoms with van der Waals surface area (Å²) in [6.07, 6.45) is 0.912. The van der Waals surface area contributed by atoms with E-state index in [0.29, 0.717) is 6.47 Å². The van der Waals surface area contributed by atoms with Crippen molar-refractivity contribution in [3.05, 3.63) is 0 Å². The zero-order valence-electron chi connectivity index (χ0n) is 9.58. The maximum absolute atomic E-state index is 10.4. The minimum Gasteiger partial charge on any atom is -0.462 e. The second kappa shape index (κ2) is 6.40. The number of primary amides is 1. The highest BCUT2D eigenvalue weighted by atomic mass is 16.5. The molecule has 1 unspecified atom stereocenters. The van der Waals surface area contributed by atoms with Gasteiger partial charge in [0.15, 0.2) is 0 Å². The van der Waals surface area contributed by atoms with E-state index in [9.17, 15) is 9.59 Å². The summed E-state index contributed by atoms with van der Waals surface area (Å²) >= 11 is 0. The molecule has 1 rings (SSSR count). The van der Waals surface area contributed by atoms with E-state index in [1.54, 1.807) is 0 Å². The van der Waals surface area contributed by atoms with Crippen molar-refractivity contribution in [3.63, 3.8) is 0 Å². The number of carbonyl (C=O) groups is 2. The fourth-order valence-electron chi connectivity index (χ4n) is 1.04. The molecule has 1 fully saturated rings. The van der Waals surface area contributed by atoms with Gasteiger partial charge in [0.25, 0.3) is 6.47 Å². The lowest BCUT2D eigenvalue weighted by molar-refractivity contribution is -0.138. The molecule has 1 amide bonds. The Kier molecular flexibility index (Phi) is 5.93. The molecule has 0 aromatic carbocycles. The first-order chi connectivity index (χ1) is 6.87. The summed E-state index contributed by atoms with van der Waals surface area (Å²) in [5.74, 6) is -0.0787. The van der Waals surface area contributed by atoms with E-state index in [-0.39, 0.29) is 17.4 Å². The molecule has 0 bridgehead atoms. The Bertz CT molecular complexity index is 205. The molecular weight excluding hydrogens is 196 g/mol. The van der Waals surface area contributed by atoms with Gasteiger partial charge in [0.05, 0.1) is 5.92 Å². The van der Waals surface area contributed by atoms with E-state index in [2.05, 4.69) is 10.1 Å². The molecule has 0 spiro atoms. The minimum atomic E-state index is -0.318. The van der Waals surface area contributed by atoms with Crippen LogP contribution in [0.25, 0.3) is 0 Å². The van der Waals surface area contributed by atoms with Crippen LogP contribution in [0, 0.1) is 5.92 Å². The molecule has 1 atom stereocenters. The van der Waals surface area contributed by atoms with Gasteiger partial charge >= 0.3 is 0 Å². The average Bonchev–Trinajstić information content (AvgIpc) is 2.53. The smallest absolute Gasteiger partial charge is 0.293 e. The van der Waals surface area contributed by atoms with Gasteiger partial charge in [-0.15, -0.1) is 0 Å². The third kappa shape index (κ3) is 7.93. The van der Waals surface area contributed by atoms with Crippen LogP contribution in [0.15, 0.2) is 0 Å². The largest absolute Gasteiger partial charge is 0.462 e. The monoisotopic (exact) mass is 216 g/mol. The fourth-order valence-corrected chi connectivity index (χ4v) is 1.04. The molecule has 0 aromatic rings. The van der Waals surface area contributed by atoms with Crippen molar-refractivity contribution < 1.29 is 14.3 Å². The number of rotatable bonds is 2. The lowest BCUT2D eigenvalue weighted by atomic mass is 10.1. The summed E-state index contributed by atoms with van der Waals surface area (Å²) in [6.45, 7) is 7.63. The predicted octanol–water partition coefficient (Wildman–Crippen LogP) is 0.0391. The van der Waals surface area contributed by atoms with Gasteiger partial charge in [-0.1, -0.05) is 0 Å². The normalized spacial score (nSPS) is 20.1. The van der Waals surface area contributed by atoms with Gasteiger partial charge in [-0.05, 0) is 33.7 Å². The number of amides is 1. The highest BCUT2D eigenvalue weighted by Gasteiger charge is 2.18. The molecule has 5 heteroatoms. The van der Waals surface area contributed by atoms with Crippen molar-refractivity contribution in [1.82, 2.24) is 5.32 Å². The molecular formula is C10H20N2O3. The van der Waals surface area contributed by atoms with Crippen LogP contribution in [-0.4, -0.2) is 31.1 Å². The first kappa shape index (κ1) is 13.9. The Balaban J connectivity index is 0.000000265. The first-order valence-electron chi connectivity index (χ1n) is 4.98. The van der Waals surface area contributed by atoms with Crippen LogP contribution < -0.4 is 11.1 Å². The van der Waals surface area contributed by atoms with E-state index in [1.807, 2.05) is 20.8 Å². The van der Waals surface area contributed by atoms with Crippen LogP contribution in [0.1, 0.15) is 27.2 Å². The molecule has 15 heavy (non-hydrogen) atoms. The van der Waals surface area contributed by atoms with E-state index >= 15 is 0 Å². The zero-order chi connectivity index (χ0) is 11.9. The van der Waals surface area contributed by atoms with Crippen LogP contribution >= 0.6 is 0 Å². The lowest BCUT2D eigenvalue weighted by Crippen LogP contribution is -2.24. The predicted molar refractivity (Wildman–Crippen MR) is 57.1 cm³/mol. The Morgan fingerprint density at radius 1 is 1.53 bits per heavy atom. The van der Waals surface area contributed by atoms with Gasteiger partial charge in [0.1, 0.15) is 5.60 Å². The summed E-state index contributed by atoms with van der Waals surface area (Å²) in [5, 5.41) is 3.05. The van der Waals surface area contributed by atoms with E-state index in [0.717, 1.165) is 19.5 Å². The fraction of sp³-hybridized carbons (Fsp3) is 0.800. The molecule has 1 saturated heterocycles. The molecule has 0 aliphatic carbocycles. The average molecular weight is 216 g/mol. The molecule has 1 aliphatic rings. The number of nitrogens with two attached hydrogens (primary N) is 1. The molecule has 1 aliphatic heterocycles. The van der Waals surface area contributed by atoms with Crippen LogP contribution in [0.5, 0.6) is 0 Å². The summed E-state index contributed by atoms with van der Waals surface area (Å²) in [4.78, 5) is 20.0. The number of ether oxygens (including phenoxy) is 1. The molecule has 0 aromatic heterocycles. The second-order valence-electron chi connectivity index (χ2n) is 4.42. The van der Waals surface area contributed by atoms with Crippen molar-refractivity contribution >= 4 is 12.4 Å². The zero-order valence-corrected chi connectivity index (χ0v) is 9.58. The summed E-state index contributed by atoms with van der Waals surface area (Å²) < 4.78 is 4.55. The number of carbonyl (C=O) groups excluding carboxylic acids is 2. The third-order valence-corrected chi connectivity index (χ3v) is 1.86. The van der Waals surface area contributed by atoms with Gasteiger partial charge in [-0.2, -0.15) is 0 Å². The number of hydrogen-bond acceptors (Lipinski definition) is 4. The van der Waals surface area contributed by atoms with Crippen molar-refractivity contribution in [1.29, 1.82) is 0 Å². The first-order valence-corrected chi connectivity index (χ1v) is 4.98. The topological polar surface area (TPSA) is 81.4 Å². The van der Waals surface area contributed by atoms with Gasteiger partial charge in [-0.25, -0.2) is 0 Å². The van der Waals surface area contributed by atoms with E-state index in [1.165, 1.54) is 0 Å². The Hall–Kier alpha value is -1.10. The Morgan fingerprint density at radius 2 is 2.13 bits per heavy atom. The SMILES string of the molecule is CC(C)(C)OC=O.NC(=O)C1CCNC1. The van der Waals surface area contributed by atoms with Gasteiger partial charge in [0.2, 0.25) is 5.91 Å². The molecule has 0 radical (unpaired) electrons. The van der Waals surface area contributed by atoms with E-state index < -0.39 is 0 Å². The lowest BCUT2D eigenvalue weighted by Gasteiger charge is -2.14. The van der Waals surface area contributed by atoms with Crippen LogP contribution in [0.2, 0.25) is 0 Å². The summed E-state index contributed by atoms with van der Waals surface area (Å²) in [5.41, 5.74) is 4.70. The van der Waals surface area contributed by atoms with E-state index in [4.69, 9.17) is 5.73 Å². The van der Waals surface area contributed by atoms with Gasteiger partial charge in [-0.3, -0.25) is 9.59 Å². The maximum atomic E-state index is 10.4. The van der Waals surface area contributed by atoms with Gasteiger partial charge < -0.3 is 15.8 Å². The standard InChI is InChI=1S/C5H10N2O.C5H10O2/c6-5(8)4-1-2-7-3-4;1-5(2,3)7-4-6/h4,7H,1-3H2,(H2,6,8);4H,1-3H3. The summed E-state index contributed by atoms with van der Waals surface area (Å²) in [6, 6.07) is 0. The quantitative estimate of drug-likeness (QED) is 0.638. The van der Waals surface area contributed by atoms with Crippen molar-refractivity contribution in [2.75, 3.05) is 13.1 Å².